The standard InChI is InChI=1S/C41H58FN7O6S/c1-25(2)35(38(52)49-22-31(50)19-32(49)37(51)44-27(4)29-9-11-30(12-10-29)36-28(5)43-24-56-36)33-20-34(45-55-33)47-17-18-48(26(3)21-47)23-41(42)13-15-46(16-14-41)39(53)54-40(6,7)8/h9-12,20,24-27,31-32,35,50H,13-19,21-23H2,1-8H3,(H,44,51)/t26-,27?,31+,32-,35?/m0/s1. The highest BCUT2D eigenvalue weighted by Crippen LogP contribution is 2.35. The van der Waals surface area contributed by atoms with Crippen molar-refractivity contribution in [3.8, 4) is 10.4 Å². The van der Waals surface area contributed by atoms with Gasteiger partial charge in [-0.2, -0.15) is 0 Å². The van der Waals surface area contributed by atoms with Gasteiger partial charge in [0.15, 0.2) is 11.6 Å². The van der Waals surface area contributed by atoms with Crippen LogP contribution in [0.1, 0.15) is 96.7 Å². The average molecular weight is 796 g/mol. The summed E-state index contributed by atoms with van der Waals surface area (Å²) in [6.45, 7) is 18.1. The van der Waals surface area contributed by atoms with Crippen molar-refractivity contribution < 1.29 is 33.1 Å². The second-order valence-corrected chi connectivity index (χ2v) is 18.1. The lowest BCUT2D eigenvalue weighted by atomic mass is 9.91. The zero-order chi connectivity index (χ0) is 40.5. The normalized spacial score (nSPS) is 23.0. The molecule has 3 aromatic rings. The van der Waals surface area contributed by atoms with Gasteiger partial charge in [0.2, 0.25) is 11.8 Å². The number of aryl methyl sites for hydroxylation is 1. The summed E-state index contributed by atoms with van der Waals surface area (Å²) >= 11 is 1.59. The Morgan fingerprint density at radius 2 is 1.79 bits per heavy atom. The minimum absolute atomic E-state index is 0.0242. The number of benzene rings is 1. The number of piperidine rings is 1. The maximum Gasteiger partial charge on any atom is 0.410 e. The lowest BCUT2D eigenvalue weighted by Crippen LogP contribution is -2.57. The zero-order valence-electron chi connectivity index (χ0n) is 34.0. The monoisotopic (exact) mass is 795 g/mol. The number of aliphatic hydroxyl groups is 1. The molecule has 0 radical (unpaired) electrons. The number of alkyl halides is 1. The zero-order valence-corrected chi connectivity index (χ0v) is 34.8. The van der Waals surface area contributed by atoms with Crippen LogP contribution in [0.15, 0.2) is 40.4 Å². The SMILES string of the molecule is Cc1ncsc1-c1ccc(C(C)NC(=O)[C@@H]2C[C@@H](O)CN2C(=O)C(c2cc(N3CCN(CC4(F)CCN(C(=O)OC(C)(C)C)CC4)[C@@H](C)C3)no2)C(C)C)cc1. The minimum Gasteiger partial charge on any atom is -0.444 e. The lowest BCUT2D eigenvalue weighted by Gasteiger charge is -2.44. The predicted molar refractivity (Wildman–Crippen MR) is 213 cm³/mol. The van der Waals surface area contributed by atoms with Crippen LogP contribution in [-0.4, -0.2) is 123 Å². The Balaban J connectivity index is 1.05. The van der Waals surface area contributed by atoms with E-state index in [1.54, 1.807) is 22.3 Å². The van der Waals surface area contributed by atoms with Crippen LogP contribution < -0.4 is 10.2 Å². The van der Waals surface area contributed by atoms with Crippen LogP contribution in [0, 0.1) is 12.8 Å². The minimum atomic E-state index is -1.40. The van der Waals surface area contributed by atoms with Gasteiger partial charge in [-0.25, -0.2) is 14.2 Å². The van der Waals surface area contributed by atoms with Crippen molar-refractivity contribution in [2.75, 3.05) is 50.7 Å². The molecule has 1 aromatic carbocycles. The van der Waals surface area contributed by atoms with Gasteiger partial charge in [0.25, 0.3) is 0 Å². The van der Waals surface area contributed by atoms with Crippen molar-refractivity contribution in [2.24, 2.45) is 5.92 Å². The number of β-amino-alcohol motifs (C(OH)–C–C–N with tert-alkyl or cyclic N) is 1. The molecule has 0 bridgehead atoms. The predicted octanol–water partition coefficient (Wildman–Crippen LogP) is 5.94. The summed E-state index contributed by atoms with van der Waals surface area (Å²) < 4.78 is 27.4. The number of aromatic nitrogens is 2. The number of hydrogen-bond acceptors (Lipinski definition) is 11. The molecular formula is C41H58FN7O6S. The molecule has 2 N–H and O–H groups in total. The summed E-state index contributed by atoms with van der Waals surface area (Å²) in [6, 6.07) is 8.69. The number of piperazine rings is 1. The van der Waals surface area contributed by atoms with Gasteiger partial charge in [0.1, 0.15) is 23.2 Å². The molecule has 3 aliphatic rings. The smallest absolute Gasteiger partial charge is 0.410 e. The molecule has 56 heavy (non-hydrogen) atoms. The van der Waals surface area contributed by atoms with E-state index < -0.39 is 35.4 Å². The molecule has 0 spiro atoms. The van der Waals surface area contributed by atoms with E-state index in [1.807, 2.05) is 78.2 Å². The third-order valence-electron chi connectivity index (χ3n) is 11.3. The largest absolute Gasteiger partial charge is 0.444 e. The fourth-order valence-corrected chi connectivity index (χ4v) is 8.88. The van der Waals surface area contributed by atoms with E-state index in [9.17, 15) is 19.5 Å². The fraction of sp³-hybridized carbons (Fsp3) is 0.634. The van der Waals surface area contributed by atoms with Crippen LogP contribution in [0.5, 0.6) is 0 Å². The van der Waals surface area contributed by atoms with E-state index in [0.717, 1.165) is 21.7 Å². The number of halogens is 1. The van der Waals surface area contributed by atoms with Crippen molar-refractivity contribution in [3.63, 3.8) is 0 Å². The summed E-state index contributed by atoms with van der Waals surface area (Å²) in [5.74, 6) is -0.496. The Morgan fingerprint density at radius 3 is 2.39 bits per heavy atom. The Labute approximate surface area is 333 Å². The summed E-state index contributed by atoms with van der Waals surface area (Å²) in [5, 5.41) is 18.1. The number of rotatable bonds is 10. The molecule has 6 rings (SSSR count). The highest BCUT2D eigenvalue weighted by Gasteiger charge is 2.44. The number of carbonyl (C=O) groups is 3. The number of amides is 3. The highest BCUT2D eigenvalue weighted by molar-refractivity contribution is 7.13. The second kappa shape index (κ2) is 16.8. The molecule has 3 aliphatic heterocycles. The van der Waals surface area contributed by atoms with E-state index in [1.165, 1.54) is 4.90 Å². The van der Waals surface area contributed by atoms with Crippen molar-refractivity contribution in [1.29, 1.82) is 0 Å². The Bertz CT molecular complexity index is 1840. The summed E-state index contributed by atoms with van der Waals surface area (Å²) in [6.07, 6.45) is -0.569. The van der Waals surface area contributed by atoms with Crippen molar-refractivity contribution in [1.82, 2.24) is 30.2 Å². The van der Waals surface area contributed by atoms with E-state index in [2.05, 4.69) is 32.2 Å². The van der Waals surface area contributed by atoms with Gasteiger partial charge in [-0.05, 0) is 58.6 Å². The van der Waals surface area contributed by atoms with Gasteiger partial charge in [-0.15, -0.1) is 11.3 Å². The molecule has 2 unspecified atom stereocenters. The first-order chi connectivity index (χ1) is 26.4. The van der Waals surface area contributed by atoms with E-state index in [0.29, 0.717) is 44.3 Å². The van der Waals surface area contributed by atoms with Gasteiger partial charge < -0.3 is 34.4 Å². The van der Waals surface area contributed by atoms with Crippen molar-refractivity contribution >= 4 is 35.1 Å². The van der Waals surface area contributed by atoms with Gasteiger partial charge >= 0.3 is 6.09 Å². The highest BCUT2D eigenvalue weighted by atomic mass is 32.1. The van der Waals surface area contributed by atoms with Crippen LogP contribution in [0.2, 0.25) is 0 Å². The molecule has 3 amide bonds. The van der Waals surface area contributed by atoms with Crippen LogP contribution in [0.3, 0.4) is 0 Å². The van der Waals surface area contributed by atoms with Crippen LogP contribution in [0.25, 0.3) is 10.4 Å². The lowest BCUT2D eigenvalue weighted by molar-refractivity contribution is -0.141. The Hall–Kier alpha value is -4.08. The number of carbonyl (C=O) groups excluding carboxylic acids is 3. The molecule has 2 aromatic heterocycles. The first kappa shape index (κ1) is 41.6. The summed E-state index contributed by atoms with van der Waals surface area (Å²) in [5.41, 5.74) is 2.80. The Kier molecular flexibility index (Phi) is 12.5. The number of hydrogen-bond donors (Lipinski definition) is 2. The van der Waals surface area contributed by atoms with Gasteiger partial charge in [-0.1, -0.05) is 43.3 Å². The van der Waals surface area contributed by atoms with Crippen LogP contribution in [0.4, 0.5) is 15.0 Å². The molecular weight excluding hydrogens is 738 g/mol. The molecule has 15 heteroatoms. The number of thiazole rings is 1. The third kappa shape index (κ3) is 9.54. The first-order valence-electron chi connectivity index (χ1n) is 19.8. The molecule has 0 aliphatic carbocycles. The quantitative estimate of drug-likeness (QED) is 0.253. The van der Waals surface area contributed by atoms with Gasteiger partial charge in [0, 0.05) is 77.2 Å². The van der Waals surface area contributed by atoms with E-state index in [-0.39, 0.29) is 62.2 Å². The van der Waals surface area contributed by atoms with E-state index in [4.69, 9.17) is 9.26 Å². The maximum absolute atomic E-state index is 16.1. The number of aliphatic hydroxyl groups excluding tert-OH is 1. The van der Waals surface area contributed by atoms with Crippen LogP contribution >= 0.6 is 11.3 Å². The van der Waals surface area contributed by atoms with Gasteiger partial charge in [0.05, 0.1) is 28.2 Å². The van der Waals surface area contributed by atoms with Crippen molar-refractivity contribution in [2.45, 2.75) is 116 Å². The molecule has 306 valence electrons. The number of nitrogens with zero attached hydrogens (tertiary/aromatic N) is 6. The molecule has 13 nitrogen and oxygen atoms in total. The number of likely N-dealkylation sites (tertiary alicyclic amines) is 2. The topological polar surface area (TPSA) is 145 Å². The third-order valence-corrected chi connectivity index (χ3v) is 12.3. The number of nitrogens with one attached hydrogen (secondary N) is 1. The van der Waals surface area contributed by atoms with E-state index >= 15 is 4.39 Å². The molecule has 0 saturated carbocycles. The summed E-state index contributed by atoms with van der Waals surface area (Å²) in [7, 11) is 0. The fourth-order valence-electron chi connectivity index (χ4n) is 8.07. The van der Waals surface area contributed by atoms with Crippen LogP contribution in [-0.2, 0) is 14.3 Å². The van der Waals surface area contributed by atoms with Gasteiger partial charge in [-0.3, -0.25) is 14.5 Å². The molecule has 5 atom stereocenters. The van der Waals surface area contributed by atoms with Crippen molar-refractivity contribution in [3.05, 3.63) is 52.9 Å². The summed E-state index contributed by atoms with van der Waals surface area (Å²) in [4.78, 5) is 53.2. The average Bonchev–Trinajstić information content (AvgIpc) is 3.89. The number of ether oxygens (including phenoxy) is 1. The second-order valence-electron chi connectivity index (χ2n) is 17.2. The molecule has 5 heterocycles. The first-order valence-corrected chi connectivity index (χ1v) is 20.7. The Morgan fingerprint density at radius 1 is 1.09 bits per heavy atom. The maximum atomic E-state index is 16.1. The number of anilines is 1. The molecule has 3 fully saturated rings. The molecule has 3 saturated heterocycles.